The second-order valence-electron chi connectivity index (χ2n) is 5.57. The van der Waals surface area contributed by atoms with E-state index in [0.717, 1.165) is 18.7 Å². The summed E-state index contributed by atoms with van der Waals surface area (Å²) < 4.78 is 22.8. The molecule has 0 aromatic heterocycles. The smallest absolute Gasteiger partial charge is 0.175 e. The Bertz CT molecular complexity index is 517. The van der Waals surface area contributed by atoms with Gasteiger partial charge in [0, 0.05) is 12.8 Å². The summed E-state index contributed by atoms with van der Waals surface area (Å²) in [5, 5.41) is 10.3. The van der Waals surface area contributed by atoms with Crippen LogP contribution in [0.2, 0.25) is 0 Å². The van der Waals surface area contributed by atoms with Crippen molar-refractivity contribution in [2.75, 3.05) is 25.9 Å². The molecule has 20 heavy (non-hydrogen) atoms. The highest BCUT2D eigenvalue weighted by molar-refractivity contribution is 7.90. The van der Waals surface area contributed by atoms with Gasteiger partial charge in [-0.1, -0.05) is 25.0 Å². The third kappa shape index (κ3) is 4.30. The summed E-state index contributed by atoms with van der Waals surface area (Å²) in [6, 6.07) is 6.55. The van der Waals surface area contributed by atoms with E-state index in [1.54, 1.807) is 24.3 Å². The molecule has 1 unspecified atom stereocenters. The largest absolute Gasteiger partial charge is 0.387 e. The fourth-order valence-corrected chi connectivity index (χ4v) is 3.24. The maximum Gasteiger partial charge on any atom is 0.175 e. The highest BCUT2D eigenvalue weighted by atomic mass is 32.2. The molecule has 0 amide bonds. The second kappa shape index (κ2) is 6.70. The van der Waals surface area contributed by atoms with Gasteiger partial charge in [0.2, 0.25) is 0 Å². The standard InChI is InChI=1S/C15H23NO3S/c1-20(18,19)14-8-6-13(7-9-14)15(17)12-16-10-4-2-3-5-11-16/h6-9,15,17H,2-5,10-12H2,1H3. The molecule has 1 aromatic rings. The molecular formula is C15H23NO3S. The Morgan fingerprint density at radius 1 is 1.10 bits per heavy atom. The van der Waals surface area contributed by atoms with Crippen molar-refractivity contribution in [1.29, 1.82) is 0 Å². The molecule has 4 nitrogen and oxygen atoms in total. The predicted molar refractivity (Wildman–Crippen MR) is 79.4 cm³/mol. The Morgan fingerprint density at radius 2 is 1.65 bits per heavy atom. The zero-order valence-electron chi connectivity index (χ0n) is 12.0. The van der Waals surface area contributed by atoms with Gasteiger partial charge in [0.05, 0.1) is 11.0 Å². The maximum atomic E-state index is 11.4. The molecule has 1 fully saturated rings. The Hall–Kier alpha value is -0.910. The summed E-state index contributed by atoms with van der Waals surface area (Å²) in [7, 11) is -3.17. The molecule has 1 aliphatic rings. The Kier molecular flexibility index (Phi) is 5.18. The summed E-state index contributed by atoms with van der Waals surface area (Å²) in [6.07, 6.45) is 5.57. The van der Waals surface area contributed by atoms with E-state index >= 15 is 0 Å². The Morgan fingerprint density at radius 3 is 2.15 bits per heavy atom. The molecule has 1 saturated heterocycles. The molecular weight excluding hydrogens is 274 g/mol. The van der Waals surface area contributed by atoms with Crippen LogP contribution in [0.15, 0.2) is 29.2 Å². The number of hydrogen-bond acceptors (Lipinski definition) is 4. The summed E-state index contributed by atoms with van der Waals surface area (Å²) in [4.78, 5) is 2.59. The van der Waals surface area contributed by atoms with Gasteiger partial charge in [0.15, 0.2) is 9.84 Å². The first-order chi connectivity index (χ1) is 9.47. The third-order valence-corrected chi connectivity index (χ3v) is 4.95. The van der Waals surface area contributed by atoms with Crippen LogP contribution in [0.1, 0.15) is 37.4 Å². The molecule has 0 spiro atoms. The first-order valence-electron chi connectivity index (χ1n) is 7.17. The lowest BCUT2D eigenvalue weighted by Gasteiger charge is -2.23. The van der Waals surface area contributed by atoms with Crippen molar-refractivity contribution < 1.29 is 13.5 Å². The number of aliphatic hydroxyl groups excluding tert-OH is 1. The first kappa shape index (κ1) is 15.5. The lowest BCUT2D eigenvalue weighted by Crippen LogP contribution is -2.29. The van der Waals surface area contributed by atoms with E-state index in [1.807, 2.05) is 0 Å². The topological polar surface area (TPSA) is 57.6 Å². The zero-order valence-corrected chi connectivity index (χ0v) is 12.8. The van der Waals surface area contributed by atoms with Gasteiger partial charge in [-0.3, -0.25) is 0 Å². The SMILES string of the molecule is CS(=O)(=O)c1ccc(C(O)CN2CCCCCC2)cc1. The number of benzene rings is 1. The highest BCUT2D eigenvalue weighted by Crippen LogP contribution is 2.19. The Labute approximate surface area is 121 Å². The summed E-state index contributed by atoms with van der Waals surface area (Å²) >= 11 is 0. The highest BCUT2D eigenvalue weighted by Gasteiger charge is 2.16. The van der Waals surface area contributed by atoms with Crippen molar-refractivity contribution in [2.45, 2.75) is 36.7 Å². The van der Waals surface area contributed by atoms with Gasteiger partial charge in [-0.2, -0.15) is 0 Å². The molecule has 112 valence electrons. The lowest BCUT2D eigenvalue weighted by atomic mass is 10.1. The monoisotopic (exact) mass is 297 g/mol. The number of hydrogen-bond donors (Lipinski definition) is 1. The van der Waals surface area contributed by atoms with E-state index in [9.17, 15) is 13.5 Å². The second-order valence-corrected chi connectivity index (χ2v) is 7.59. The first-order valence-corrected chi connectivity index (χ1v) is 9.06. The van der Waals surface area contributed by atoms with E-state index in [0.29, 0.717) is 11.4 Å². The molecule has 1 aliphatic heterocycles. The average Bonchev–Trinajstić information content (AvgIpc) is 2.66. The van der Waals surface area contributed by atoms with Crippen LogP contribution in [-0.2, 0) is 9.84 Å². The molecule has 2 rings (SSSR count). The van der Waals surface area contributed by atoms with Gasteiger partial charge in [-0.05, 0) is 43.6 Å². The lowest BCUT2D eigenvalue weighted by molar-refractivity contribution is 0.115. The minimum absolute atomic E-state index is 0.295. The van der Waals surface area contributed by atoms with Gasteiger partial charge in [0.1, 0.15) is 0 Å². The van der Waals surface area contributed by atoms with Crippen LogP contribution in [0, 0.1) is 0 Å². The van der Waals surface area contributed by atoms with Gasteiger partial charge in [-0.15, -0.1) is 0 Å². The van der Waals surface area contributed by atoms with E-state index in [-0.39, 0.29) is 0 Å². The predicted octanol–water partition coefficient (Wildman–Crippen LogP) is 2.00. The fraction of sp³-hybridized carbons (Fsp3) is 0.600. The number of sulfone groups is 1. The normalized spacial score (nSPS) is 19.5. The number of nitrogens with zero attached hydrogens (tertiary/aromatic N) is 1. The van der Waals surface area contributed by atoms with Crippen LogP contribution in [0.3, 0.4) is 0 Å². The molecule has 0 aliphatic carbocycles. The van der Waals surface area contributed by atoms with Crippen LogP contribution in [-0.4, -0.2) is 44.3 Å². The van der Waals surface area contributed by atoms with E-state index in [1.165, 1.54) is 31.9 Å². The van der Waals surface area contributed by atoms with E-state index < -0.39 is 15.9 Å². The summed E-state index contributed by atoms with van der Waals surface area (Å²) in [6.45, 7) is 2.70. The van der Waals surface area contributed by atoms with Crippen molar-refractivity contribution in [3.05, 3.63) is 29.8 Å². The van der Waals surface area contributed by atoms with Gasteiger partial charge < -0.3 is 10.0 Å². The van der Waals surface area contributed by atoms with Crippen LogP contribution >= 0.6 is 0 Å². The maximum absolute atomic E-state index is 11.4. The van der Waals surface area contributed by atoms with Crippen LogP contribution in [0.25, 0.3) is 0 Å². The van der Waals surface area contributed by atoms with Crippen molar-refractivity contribution in [2.24, 2.45) is 0 Å². The van der Waals surface area contributed by atoms with Crippen LogP contribution in [0.5, 0.6) is 0 Å². The Balaban J connectivity index is 1.99. The van der Waals surface area contributed by atoms with Gasteiger partial charge in [0.25, 0.3) is 0 Å². The zero-order chi connectivity index (χ0) is 14.6. The quantitative estimate of drug-likeness (QED) is 0.923. The van der Waals surface area contributed by atoms with Crippen molar-refractivity contribution in [1.82, 2.24) is 4.90 Å². The van der Waals surface area contributed by atoms with Gasteiger partial charge in [-0.25, -0.2) is 8.42 Å². The minimum atomic E-state index is -3.17. The minimum Gasteiger partial charge on any atom is -0.387 e. The number of likely N-dealkylation sites (tertiary alicyclic amines) is 1. The molecule has 5 heteroatoms. The van der Waals surface area contributed by atoms with Gasteiger partial charge >= 0.3 is 0 Å². The molecule has 0 saturated carbocycles. The molecule has 1 atom stereocenters. The van der Waals surface area contributed by atoms with E-state index in [4.69, 9.17) is 0 Å². The fourth-order valence-electron chi connectivity index (χ4n) is 2.61. The average molecular weight is 297 g/mol. The van der Waals surface area contributed by atoms with Crippen molar-refractivity contribution in [3.8, 4) is 0 Å². The van der Waals surface area contributed by atoms with Crippen molar-refractivity contribution in [3.63, 3.8) is 0 Å². The number of β-amino-alcohol motifs (C(OH)–C–C–N with tert-alkyl or cyclic N) is 1. The third-order valence-electron chi connectivity index (χ3n) is 3.82. The molecule has 1 heterocycles. The van der Waals surface area contributed by atoms with E-state index in [2.05, 4.69) is 4.90 Å². The molecule has 0 radical (unpaired) electrons. The van der Waals surface area contributed by atoms with Crippen LogP contribution in [0.4, 0.5) is 0 Å². The molecule has 1 N–H and O–H groups in total. The van der Waals surface area contributed by atoms with Crippen LogP contribution < -0.4 is 0 Å². The summed E-state index contributed by atoms with van der Waals surface area (Å²) in [5.74, 6) is 0. The summed E-state index contributed by atoms with van der Waals surface area (Å²) in [5.41, 5.74) is 0.779. The molecule has 1 aromatic carbocycles. The van der Waals surface area contributed by atoms with Crippen molar-refractivity contribution >= 4 is 9.84 Å². The number of rotatable bonds is 4. The number of aliphatic hydroxyl groups is 1. The molecule has 0 bridgehead atoms.